The number of ether oxygens (including phenoxy) is 3. The Hall–Kier alpha value is -2.95. The highest BCUT2D eigenvalue weighted by molar-refractivity contribution is 5.91. The minimum atomic E-state index is -0.136. The van der Waals surface area contributed by atoms with Crippen molar-refractivity contribution >= 4 is 12.0 Å². The van der Waals surface area contributed by atoms with Gasteiger partial charge in [0, 0.05) is 12.6 Å². The summed E-state index contributed by atoms with van der Waals surface area (Å²) in [5.41, 5.74) is 2.01. The molecule has 1 amide bonds. The summed E-state index contributed by atoms with van der Waals surface area (Å²) < 4.78 is 15.6. The second-order valence-corrected chi connectivity index (χ2v) is 5.34. The third-order valence-corrected chi connectivity index (χ3v) is 3.71. The Morgan fingerprint density at radius 1 is 0.960 bits per heavy atom. The average molecular weight is 341 g/mol. The predicted molar refractivity (Wildman–Crippen MR) is 98.3 cm³/mol. The van der Waals surface area contributed by atoms with Gasteiger partial charge in [-0.25, -0.2) is 0 Å². The average Bonchev–Trinajstić information content (AvgIpc) is 2.66. The maximum Gasteiger partial charge on any atom is 0.244 e. The molecule has 0 atom stereocenters. The molecule has 0 spiro atoms. The van der Waals surface area contributed by atoms with Crippen molar-refractivity contribution in [1.82, 2.24) is 5.32 Å². The highest BCUT2D eigenvalue weighted by Gasteiger charge is 2.03. The van der Waals surface area contributed by atoms with Crippen LogP contribution in [0, 0.1) is 0 Å². The summed E-state index contributed by atoms with van der Waals surface area (Å²) in [7, 11) is 4.81. The van der Waals surface area contributed by atoms with E-state index in [9.17, 15) is 4.79 Å². The zero-order valence-corrected chi connectivity index (χ0v) is 14.7. The molecule has 0 saturated carbocycles. The lowest BCUT2D eigenvalue weighted by Gasteiger charge is -2.07. The third-order valence-electron chi connectivity index (χ3n) is 3.71. The maximum absolute atomic E-state index is 11.9. The summed E-state index contributed by atoms with van der Waals surface area (Å²) in [6.07, 6.45) is 4.01. The molecule has 5 nitrogen and oxygen atoms in total. The highest BCUT2D eigenvalue weighted by Crippen LogP contribution is 2.27. The van der Waals surface area contributed by atoms with Crippen LogP contribution in [0.4, 0.5) is 0 Å². The summed E-state index contributed by atoms with van der Waals surface area (Å²) >= 11 is 0. The van der Waals surface area contributed by atoms with E-state index in [1.54, 1.807) is 33.5 Å². The second kappa shape index (κ2) is 9.37. The van der Waals surface area contributed by atoms with E-state index in [2.05, 4.69) is 5.32 Å². The van der Waals surface area contributed by atoms with Gasteiger partial charge in [0.05, 0.1) is 21.3 Å². The lowest BCUT2D eigenvalue weighted by atomic mass is 10.1. The van der Waals surface area contributed by atoms with Crippen LogP contribution < -0.4 is 19.5 Å². The number of benzene rings is 2. The van der Waals surface area contributed by atoms with Crippen molar-refractivity contribution in [3.8, 4) is 17.2 Å². The van der Waals surface area contributed by atoms with Gasteiger partial charge in [-0.15, -0.1) is 0 Å². The lowest BCUT2D eigenvalue weighted by Crippen LogP contribution is -2.23. The number of carbonyl (C=O) groups excluding carboxylic acids is 1. The largest absolute Gasteiger partial charge is 0.497 e. The van der Waals surface area contributed by atoms with E-state index in [0.29, 0.717) is 18.0 Å². The van der Waals surface area contributed by atoms with Crippen LogP contribution in [-0.2, 0) is 11.2 Å². The van der Waals surface area contributed by atoms with Gasteiger partial charge in [-0.3, -0.25) is 4.79 Å². The molecule has 0 heterocycles. The Morgan fingerprint density at radius 3 is 2.32 bits per heavy atom. The molecule has 0 radical (unpaired) electrons. The van der Waals surface area contributed by atoms with E-state index in [-0.39, 0.29) is 5.91 Å². The van der Waals surface area contributed by atoms with E-state index >= 15 is 0 Å². The Labute approximate surface area is 148 Å². The Morgan fingerprint density at radius 2 is 1.68 bits per heavy atom. The molecule has 0 fully saturated rings. The molecule has 25 heavy (non-hydrogen) atoms. The Bertz CT molecular complexity index is 723. The first kappa shape index (κ1) is 18.4. The zero-order valence-electron chi connectivity index (χ0n) is 14.7. The quantitative estimate of drug-likeness (QED) is 0.750. The third kappa shape index (κ3) is 5.57. The van der Waals surface area contributed by atoms with Crippen molar-refractivity contribution in [3.63, 3.8) is 0 Å². The Kier molecular flexibility index (Phi) is 6.89. The van der Waals surface area contributed by atoms with Crippen LogP contribution in [0.15, 0.2) is 48.5 Å². The molecule has 0 aliphatic carbocycles. The highest BCUT2D eigenvalue weighted by atomic mass is 16.5. The fraction of sp³-hybridized carbons (Fsp3) is 0.250. The van der Waals surface area contributed by atoms with Crippen molar-refractivity contribution in [2.24, 2.45) is 0 Å². The molecule has 1 N–H and O–H groups in total. The van der Waals surface area contributed by atoms with Gasteiger partial charge in [0.25, 0.3) is 0 Å². The first-order valence-corrected chi connectivity index (χ1v) is 7.97. The van der Waals surface area contributed by atoms with Crippen LogP contribution >= 0.6 is 0 Å². The topological polar surface area (TPSA) is 56.8 Å². The van der Waals surface area contributed by atoms with Gasteiger partial charge >= 0.3 is 0 Å². The molecule has 2 aromatic rings. The van der Waals surface area contributed by atoms with Gasteiger partial charge < -0.3 is 19.5 Å². The maximum atomic E-state index is 11.9. The van der Waals surface area contributed by atoms with Gasteiger partial charge in [0.2, 0.25) is 5.91 Å². The van der Waals surface area contributed by atoms with Crippen molar-refractivity contribution in [1.29, 1.82) is 0 Å². The number of amides is 1. The number of rotatable bonds is 8. The van der Waals surface area contributed by atoms with E-state index < -0.39 is 0 Å². The van der Waals surface area contributed by atoms with Crippen LogP contribution in [0.2, 0.25) is 0 Å². The van der Waals surface area contributed by atoms with Crippen molar-refractivity contribution in [2.45, 2.75) is 6.42 Å². The fourth-order valence-corrected chi connectivity index (χ4v) is 2.31. The minimum Gasteiger partial charge on any atom is -0.497 e. The normalized spacial score (nSPS) is 10.5. The molecular formula is C20H23NO4. The Balaban J connectivity index is 1.84. The summed E-state index contributed by atoms with van der Waals surface area (Å²) in [5.74, 6) is 1.97. The number of hydrogen-bond donors (Lipinski definition) is 1. The molecule has 2 aromatic carbocycles. The first-order valence-electron chi connectivity index (χ1n) is 7.97. The zero-order chi connectivity index (χ0) is 18.1. The van der Waals surface area contributed by atoms with Crippen molar-refractivity contribution in [2.75, 3.05) is 27.9 Å². The first-order chi connectivity index (χ1) is 12.2. The molecule has 0 unspecified atom stereocenters. The summed E-state index contributed by atoms with van der Waals surface area (Å²) in [5, 5.41) is 2.87. The number of hydrogen-bond acceptors (Lipinski definition) is 4. The lowest BCUT2D eigenvalue weighted by molar-refractivity contribution is -0.116. The number of carbonyl (C=O) groups is 1. The van der Waals surface area contributed by atoms with E-state index in [1.165, 1.54) is 6.08 Å². The number of nitrogens with one attached hydrogen (secondary N) is 1. The molecule has 0 aliphatic rings. The van der Waals surface area contributed by atoms with Gasteiger partial charge in [0.15, 0.2) is 11.5 Å². The molecule has 0 aliphatic heterocycles. The van der Waals surface area contributed by atoms with Crippen LogP contribution in [0.25, 0.3) is 6.08 Å². The van der Waals surface area contributed by atoms with E-state index in [0.717, 1.165) is 23.3 Å². The molecule has 132 valence electrons. The summed E-state index contributed by atoms with van der Waals surface area (Å²) in [6.45, 7) is 0.571. The van der Waals surface area contributed by atoms with E-state index in [1.807, 2.05) is 36.4 Å². The van der Waals surface area contributed by atoms with E-state index in [4.69, 9.17) is 14.2 Å². The van der Waals surface area contributed by atoms with Crippen LogP contribution in [0.5, 0.6) is 17.2 Å². The molecule has 0 saturated heterocycles. The molecule has 5 heteroatoms. The smallest absolute Gasteiger partial charge is 0.244 e. The summed E-state index contributed by atoms with van der Waals surface area (Å²) in [4.78, 5) is 11.9. The minimum absolute atomic E-state index is 0.136. The van der Waals surface area contributed by atoms with Gasteiger partial charge in [0.1, 0.15) is 5.75 Å². The van der Waals surface area contributed by atoms with Gasteiger partial charge in [-0.2, -0.15) is 0 Å². The molecule has 0 aromatic heterocycles. The fourth-order valence-electron chi connectivity index (χ4n) is 2.31. The second-order valence-electron chi connectivity index (χ2n) is 5.34. The van der Waals surface area contributed by atoms with Gasteiger partial charge in [-0.05, 0) is 47.9 Å². The van der Waals surface area contributed by atoms with Crippen molar-refractivity contribution in [3.05, 3.63) is 59.7 Å². The SMILES string of the molecule is COc1ccc(CCNC(=O)C=Cc2ccc(OC)c(OC)c2)cc1. The van der Waals surface area contributed by atoms with Crippen LogP contribution in [0.3, 0.4) is 0 Å². The van der Waals surface area contributed by atoms with Crippen LogP contribution in [-0.4, -0.2) is 33.8 Å². The van der Waals surface area contributed by atoms with Gasteiger partial charge in [-0.1, -0.05) is 18.2 Å². The molecular weight excluding hydrogens is 318 g/mol. The number of methoxy groups -OCH3 is 3. The molecule has 0 bridgehead atoms. The predicted octanol–water partition coefficient (Wildman–Crippen LogP) is 3.08. The standard InChI is InChI=1S/C20H23NO4/c1-23-17-8-4-15(5-9-17)12-13-21-20(22)11-7-16-6-10-18(24-2)19(14-16)25-3/h4-11,14H,12-13H2,1-3H3,(H,21,22). The van der Waals surface area contributed by atoms with Crippen molar-refractivity contribution < 1.29 is 19.0 Å². The molecule has 2 rings (SSSR count). The monoisotopic (exact) mass is 341 g/mol. The summed E-state index contributed by atoms with van der Waals surface area (Å²) in [6, 6.07) is 13.3. The van der Waals surface area contributed by atoms with Crippen LogP contribution in [0.1, 0.15) is 11.1 Å².